The molecule has 1 fully saturated rings. The second kappa shape index (κ2) is 5.96. The first-order valence-electron chi connectivity index (χ1n) is 7.08. The fraction of sp³-hybridized carbons (Fsp3) is 0.400. The van der Waals surface area contributed by atoms with Gasteiger partial charge in [0.05, 0.1) is 0 Å². The first-order chi connectivity index (χ1) is 9.81. The molecule has 3 N–H and O–H groups in total. The van der Waals surface area contributed by atoms with Crippen LogP contribution in [0.25, 0.3) is 11.4 Å². The number of nitrogens with zero attached hydrogens (tertiary/aromatic N) is 3. The summed E-state index contributed by atoms with van der Waals surface area (Å²) >= 11 is 0. The van der Waals surface area contributed by atoms with Gasteiger partial charge in [0, 0.05) is 17.6 Å². The van der Waals surface area contributed by atoms with Crippen LogP contribution in [0.5, 0.6) is 0 Å². The minimum Gasteiger partial charge on any atom is -0.351 e. The quantitative estimate of drug-likeness (QED) is 0.893. The first-order valence-corrected chi connectivity index (χ1v) is 7.08. The molecule has 104 valence electrons. The fourth-order valence-corrected chi connectivity index (χ4v) is 2.54. The summed E-state index contributed by atoms with van der Waals surface area (Å²) in [5.41, 5.74) is 6.92. The van der Waals surface area contributed by atoms with E-state index in [2.05, 4.69) is 20.3 Å². The van der Waals surface area contributed by atoms with Crippen molar-refractivity contribution < 1.29 is 0 Å². The minimum absolute atomic E-state index is 0.353. The molecule has 0 unspecified atom stereocenters. The van der Waals surface area contributed by atoms with Crippen LogP contribution >= 0.6 is 0 Å². The fourth-order valence-electron chi connectivity index (χ4n) is 2.54. The molecule has 0 radical (unpaired) electrons. The molecule has 0 atom stereocenters. The maximum Gasteiger partial charge on any atom is 0.226 e. The van der Waals surface area contributed by atoms with E-state index in [1.807, 2.05) is 30.3 Å². The highest BCUT2D eigenvalue weighted by molar-refractivity contribution is 5.55. The summed E-state index contributed by atoms with van der Waals surface area (Å²) in [6.07, 6.45) is 5.84. The molecular weight excluding hydrogens is 250 g/mol. The average Bonchev–Trinajstić information content (AvgIpc) is 2.51. The van der Waals surface area contributed by atoms with Gasteiger partial charge in [0.1, 0.15) is 6.33 Å². The summed E-state index contributed by atoms with van der Waals surface area (Å²) in [6, 6.07) is 10.7. The normalized spacial score (nSPS) is 22.4. The number of anilines is 1. The molecule has 1 aromatic heterocycles. The van der Waals surface area contributed by atoms with Gasteiger partial charge in [-0.2, -0.15) is 4.98 Å². The third kappa shape index (κ3) is 3.11. The number of nitrogens with one attached hydrogen (secondary N) is 1. The van der Waals surface area contributed by atoms with Gasteiger partial charge in [-0.15, -0.1) is 0 Å². The smallest absolute Gasteiger partial charge is 0.226 e. The van der Waals surface area contributed by atoms with Gasteiger partial charge in [0.15, 0.2) is 5.82 Å². The molecule has 1 aliphatic rings. The Hall–Kier alpha value is -2.01. The highest BCUT2D eigenvalue weighted by atomic mass is 15.2. The molecule has 0 spiro atoms. The van der Waals surface area contributed by atoms with Crippen LogP contribution in [-0.4, -0.2) is 27.0 Å². The number of aromatic nitrogens is 3. The SMILES string of the molecule is NC1CCC(Nc2ncnc(-c3ccccc3)n2)CC1. The number of nitrogens with two attached hydrogens (primary N) is 1. The Morgan fingerprint density at radius 1 is 1.00 bits per heavy atom. The molecule has 20 heavy (non-hydrogen) atoms. The Balaban J connectivity index is 1.72. The van der Waals surface area contributed by atoms with Gasteiger partial charge in [0.2, 0.25) is 5.95 Å². The van der Waals surface area contributed by atoms with Crippen LogP contribution in [0.3, 0.4) is 0 Å². The maximum absolute atomic E-state index is 5.92. The second-order valence-corrected chi connectivity index (χ2v) is 5.25. The lowest BCUT2D eigenvalue weighted by Gasteiger charge is -2.26. The van der Waals surface area contributed by atoms with E-state index in [0.717, 1.165) is 31.2 Å². The molecule has 0 saturated heterocycles. The molecule has 3 rings (SSSR count). The van der Waals surface area contributed by atoms with E-state index in [1.54, 1.807) is 6.33 Å². The molecule has 0 amide bonds. The average molecular weight is 269 g/mol. The zero-order valence-corrected chi connectivity index (χ0v) is 11.4. The molecule has 5 nitrogen and oxygen atoms in total. The van der Waals surface area contributed by atoms with Crippen molar-refractivity contribution in [1.82, 2.24) is 15.0 Å². The van der Waals surface area contributed by atoms with Crippen LogP contribution in [0.2, 0.25) is 0 Å². The molecular formula is C15H19N5. The third-order valence-corrected chi connectivity index (χ3v) is 3.71. The van der Waals surface area contributed by atoms with Crippen LogP contribution in [0.4, 0.5) is 5.95 Å². The Morgan fingerprint density at radius 3 is 2.50 bits per heavy atom. The second-order valence-electron chi connectivity index (χ2n) is 5.25. The van der Waals surface area contributed by atoms with Gasteiger partial charge in [-0.1, -0.05) is 30.3 Å². The number of hydrogen-bond acceptors (Lipinski definition) is 5. The summed E-state index contributed by atoms with van der Waals surface area (Å²) in [4.78, 5) is 12.9. The van der Waals surface area contributed by atoms with Crippen molar-refractivity contribution in [3.63, 3.8) is 0 Å². The molecule has 2 aromatic rings. The van der Waals surface area contributed by atoms with Crippen molar-refractivity contribution in [2.45, 2.75) is 37.8 Å². The van der Waals surface area contributed by atoms with Gasteiger partial charge in [-0.05, 0) is 25.7 Å². The van der Waals surface area contributed by atoms with E-state index in [4.69, 9.17) is 5.73 Å². The molecule has 1 aliphatic carbocycles. The topological polar surface area (TPSA) is 76.7 Å². The molecule has 5 heteroatoms. The lowest BCUT2D eigenvalue weighted by atomic mass is 9.92. The number of rotatable bonds is 3. The highest BCUT2D eigenvalue weighted by Gasteiger charge is 2.19. The monoisotopic (exact) mass is 269 g/mol. The molecule has 0 bridgehead atoms. The zero-order valence-electron chi connectivity index (χ0n) is 11.4. The number of hydrogen-bond donors (Lipinski definition) is 2. The van der Waals surface area contributed by atoms with Crippen molar-refractivity contribution in [1.29, 1.82) is 0 Å². The van der Waals surface area contributed by atoms with Gasteiger partial charge in [-0.3, -0.25) is 0 Å². The Bertz CT molecular complexity index is 549. The minimum atomic E-state index is 0.353. The predicted octanol–water partition coefficient (Wildman–Crippen LogP) is 2.22. The summed E-state index contributed by atoms with van der Waals surface area (Å²) in [7, 11) is 0. The lowest BCUT2D eigenvalue weighted by Crippen LogP contribution is -2.33. The van der Waals surface area contributed by atoms with Crippen molar-refractivity contribution in [3.05, 3.63) is 36.7 Å². The summed E-state index contributed by atoms with van der Waals surface area (Å²) in [5.74, 6) is 1.36. The van der Waals surface area contributed by atoms with Gasteiger partial charge in [-0.25, -0.2) is 9.97 Å². The van der Waals surface area contributed by atoms with Crippen LogP contribution in [0.1, 0.15) is 25.7 Å². The molecule has 0 aliphatic heterocycles. The van der Waals surface area contributed by atoms with E-state index in [1.165, 1.54) is 0 Å². The van der Waals surface area contributed by atoms with E-state index in [9.17, 15) is 0 Å². The van der Waals surface area contributed by atoms with Crippen LogP contribution in [0.15, 0.2) is 36.7 Å². The van der Waals surface area contributed by atoms with E-state index >= 15 is 0 Å². The summed E-state index contributed by atoms with van der Waals surface area (Å²) in [6.45, 7) is 0. The Kier molecular flexibility index (Phi) is 3.87. The third-order valence-electron chi connectivity index (χ3n) is 3.71. The standard InChI is InChI=1S/C15H19N5/c16-12-6-8-13(9-7-12)19-15-18-10-17-14(20-15)11-4-2-1-3-5-11/h1-5,10,12-13H,6-9,16H2,(H,17,18,19,20). The van der Waals surface area contributed by atoms with Crippen LogP contribution < -0.4 is 11.1 Å². The zero-order chi connectivity index (χ0) is 13.8. The lowest BCUT2D eigenvalue weighted by molar-refractivity contribution is 0.410. The Morgan fingerprint density at radius 2 is 1.75 bits per heavy atom. The van der Waals surface area contributed by atoms with E-state index in [-0.39, 0.29) is 0 Å². The molecule has 1 heterocycles. The maximum atomic E-state index is 5.92. The summed E-state index contributed by atoms with van der Waals surface area (Å²) < 4.78 is 0. The van der Waals surface area contributed by atoms with Crippen molar-refractivity contribution in [3.8, 4) is 11.4 Å². The van der Waals surface area contributed by atoms with Gasteiger partial charge in [0.25, 0.3) is 0 Å². The highest BCUT2D eigenvalue weighted by Crippen LogP contribution is 2.20. The van der Waals surface area contributed by atoms with Crippen molar-refractivity contribution in [2.24, 2.45) is 5.73 Å². The Labute approximate surface area is 118 Å². The first kappa shape index (κ1) is 13.0. The van der Waals surface area contributed by atoms with Crippen molar-refractivity contribution >= 4 is 5.95 Å². The molecule has 1 saturated carbocycles. The predicted molar refractivity (Wildman–Crippen MR) is 79.1 cm³/mol. The van der Waals surface area contributed by atoms with Crippen LogP contribution in [0, 0.1) is 0 Å². The van der Waals surface area contributed by atoms with Gasteiger partial charge < -0.3 is 11.1 Å². The summed E-state index contributed by atoms with van der Waals surface area (Å²) in [5, 5.41) is 3.39. The van der Waals surface area contributed by atoms with Crippen LogP contribution in [-0.2, 0) is 0 Å². The van der Waals surface area contributed by atoms with E-state index < -0.39 is 0 Å². The molecule has 1 aromatic carbocycles. The van der Waals surface area contributed by atoms with Gasteiger partial charge >= 0.3 is 0 Å². The van der Waals surface area contributed by atoms with Crippen molar-refractivity contribution in [2.75, 3.05) is 5.32 Å². The van der Waals surface area contributed by atoms with E-state index in [0.29, 0.717) is 23.9 Å². The number of benzene rings is 1. The largest absolute Gasteiger partial charge is 0.351 e.